The molecule has 0 radical (unpaired) electrons. The number of carboxylic acid groups (broad SMARTS) is 1. The third-order valence-electron chi connectivity index (χ3n) is 6.38. The summed E-state index contributed by atoms with van der Waals surface area (Å²) in [5, 5.41) is 18.5. The minimum absolute atomic E-state index is 0. The molecule has 0 unspecified atom stereocenters. The molecule has 2 aromatic heterocycles. The Kier molecular flexibility index (Phi) is 7.62. The van der Waals surface area contributed by atoms with E-state index in [0.29, 0.717) is 28.7 Å². The average molecular weight is 565 g/mol. The van der Waals surface area contributed by atoms with Crippen LogP contribution in [0.25, 0.3) is 21.9 Å². The summed E-state index contributed by atoms with van der Waals surface area (Å²) in [4.78, 5) is 15.9. The SMILES string of the molecule is Cc1c(Cc2ccc(C(=N)N)cc2)oc2cc(N(CC(=O)O)S(=O)(=O)c3cccc4cccnc34)ccc12.Cl. The number of halogens is 1. The van der Waals surface area contributed by atoms with E-state index in [-0.39, 0.29) is 34.3 Å². The lowest BCUT2D eigenvalue weighted by molar-refractivity contribution is -0.135. The molecular formula is C28H25ClN4O5S. The molecule has 9 nitrogen and oxygen atoms in total. The Bertz CT molecular complexity index is 1810. The summed E-state index contributed by atoms with van der Waals surface area (Å²) in [7, 11) is -4.29. The molecule has 0 atom stereocenters. The van der Waals surface area contributed by atoms with Gasteiger partial charge in [-0.05, 0) is 42.3 Å². The summed E-state index contributed by atoms with van der Waals surface area (Å²) in [5.41, 5.74) is 8.88. The third-order valence-corrected chi connectivity index (χ3v) is 8.19. The number of nitrogens with one attached hydrogen (secondary N) is 1. The standard InChI is InChI=1S/C28H24N4O5S.ClH/c1-17-22-12-11-21(15-24(22)37-23(17)14-18-7-9-20(10-8-18)28(29)30)32(16-26(33)34)38(35,36)25-6-2-4-19-5-3-13-31-27(19)25;/h2-13,15H,14,16H2,1H3,(H3,29,30)(H,33,34);1H. The number of furan rings is 1. The van der Waals surface area contributed by atoms with Crippen LogP contribution in [-0.2, 0) is 21.2 Å². The van der Waals surface area contributed by atoms with Crippen molar-refractivity contribution in [3.8, 4) is 0 Å². The van der Waals surface area contributed by atoms with Crippen LogP contribution in [0, 0.1) is 12.3 Å². The highest BCUT2D eigenvalue weighted by Crippen LogP contribution is 2.33. The van der Waals surface area contributed by atoms with E-state index in [1.807, 2.05) is 19.1 Å². The van der Waals surface area contributed by atoms with Gasteiger partial charge in [-0.1, -0.05) is 42.5 Å². The van der Waals surface area contributed by atoms with E-state index < -0.39 is 22.5 Å². The fourth-order valence-corrected chi connectivity index (χ4v) is 5.99. The lowest BCUT2D eigenvalue weighted by atomic mass is 10.0. The Hall–Kier alpha value is -4.41. The number of hydrogen-bond acceptors (Lipinski definition) is 6. The maximum Gasteiger partial charge on any atom is 0.324 e. The van der Waals surface area contributed by atoms with Crippen LogP contribution in [0.1, 0.15) is 22.5 Å². The van der Waals surface area contributed by atoms with Crippen LogP contribution in [0.3, 0.4) is 0 Å². The smallest absolute Gasteiger partial charge is 0.324 e. The molecule has 0 saturated heterocycles. The summed E-state index contributed by atoms with van der Waals surface area (Å²) in [6.07, 6.45) is 1.97. The van der Waals surface area contributed by atoms with E-state index >= 15 is 0 Å². The van der Waals surface area contributed by atoms with Gasteiger partial charge >= 0.3 is 5.97 Å². The van der Waals surface area contributed by atoms with Crippen molar-refractivity contribution in [2.24, 2.45) is 5.73 Å². The largest absolute Gasteiger partial charge is 0.480 e. The van der Waals surface area contributed by atoms with Crippen molar-refractivity contribution >= 4 is 61.8 Å². The summed E-state index contributed by atoms with van der Waals surface area (Å²) >= 11 is 0. The van der Waals surface area contributed by atoms with Crippen molar-refractivity contribution in [2.45, 2.75) is 18.2 Å². The first-order valence-corrected chi connectivity index (χ1v) is 13.1. The zero-order chi connectivity index (χ0) is 27.0. The van der Waals surface area contributed by atoms with Crippen LogP contribution < -0.4 is 10.0 Å². The maximum absolute atomic E-state index is 13.8. The van der Waals surface area contributed by atoms with E-state index in [1.165, 1.54) is 12.3 Å². The van der Waals surface area contributed by atoms with Crippen molar-refractivity contribution in [3.05, 3.63) is 101 Å². The second-order valence-electron chi connectivity index (χ2n) is 8.85. The molecule has 0 bridgehead atoms. The van der Waals surface area contributed by atoms with Gasteiger partial charge in [-0.2, -0.15) is 0 Å². The number of aliphatic carboxylic acids is 1. The van der Waals surface area contributed by atoms with E-state index in [9.17, 15) is 18.3 Å². The molecule has 4 N–H and O–H groups in total. The Morgan fingerprint density at radius 2 is 1.79 bits per heavy atom. The van der Waals surface area contributed by atoms with Crippen LogP contribution in [0.2, 0.25) is 0 Å². The Balaban J connectivity index is 0.00000353. The fourth-order valence-electron chi connectivity index (χ4n) is 4.42. The Labute approximate surface area is 230 Å². The highest BCUT2D eigenvalue weighted by atomic mass is 35.5. The lowest BCUT2D eigenvalue weighted by Crippen LogP contribution is -2.35. The van der Waals surface area contributed by atoms with Gasteiger partial charge in [0, 0.05) is 35.0 Å². The van der Waals surface area contributed by atoms with E-state index in [1.54, 1.807) is 54.6 Å². The molecule has 2 heterocycles. The summed E-state index contributed by atoms with van der Waals surface area (Å²) in [6.45, 7) is 1.14. The number of nitrogens with zero attached hydrogens (tertiary/aromatic N) is 2. The number of sulfonamides is 1. The number of aryl methyl sites for hydroxylation is 1. The predicted octanol–water partition coefficient (Wildman–Crippen LogP) is 4.87. The number of carbonyl (C=O) groups is 1. The molecule has 0 amide bonds. The van der Waals surface area contributed by atoms with Crippen LogP contribution in [0.4, 0.5) is 5.69 Å². The number of carboxylic acids is 1. The Morgan fingerprint density at radius 1 is 1.08 bits per heavy atom. The predicted molar refractivity (Wildman–Crippen MR) is 152 cm³/mol. The maximum atomic E-state index is 13.8. The highest BCUT2D eigenvalue weighted by Gasteiger charge is 2.30. The molecule has 11 heteroatoms. The highest BCUT2D eigenvalue weighted by molar-refractivity contribution is 7.93. The number of nitrogen functional groups attached to an aromatic ring is 1. The van der Waals surface area contributed by atoms with Gasteiger partial charge in [0.05, 0.1) is 11.2 Å². The molecular weight excluding hydrogens is 540 g/mol. The molecule has 39 heavy (non-hydrogen) atoms. The number of para-hydroxylation sites is 1. The first-order chi connectivity index (χ1) is 18.1. The molecule has 0 spiro atoms. The summed E-state index contributed by atoms with van der Waals surface area (Å²) < 4.78 is 34.5. The molecule has 0 saturated carbocycles. The second-order valence-corrected chi connectivity index (χ2v) is 10.7. The number of pyridine rings is 1. The van der Waals surface area contributed by atoms with Crippen molar-refractivity contribution in [2.75, 3.05) is 10.8 Å². The average Bonchev–Trinajstić information content (AvgIpc) is 3.21. The zero-order valence-electron chi connectivity index (χ0n) is 20.8. The number of aromatic nitrogens is 1. The van der Waals surface area contributed by atoms with Gasteiger partial charge in [-0.25, -0.2) is 8.42 Å². The van der Waals surface area contributed by atoms with Gasteiger partial charge < -0.3 is 15.3 Å². The van der Waals surface area contributed by atoms with Gasteiger partial charge in [0.25, 0.3) is 10.0 Å². The van der Waals surface area contributed by atoms with Gasteiger partial charge in [-0.3, -0.25) is 19.5 Å². The molecule has 0 aliphatic heterocycles. The first kappa shape index (κ1) is 27.6. The lowest BCUT2D eigenvalue weighted by Gasteiger charge is -2.23. The molecule has 3 aromatic carbocycles. The van der Waals surface area contributed by atoms with Gasteiger partial charge in [-0.15, -0.1) is 12.4 Å². The molecule has 5 rings (SSSR count). The topological polar surface area (TPSA) is 151 Å². The van der Waals surface area contributed by atoms with Crippen LogP contribution >= 0.6 is 12.4 Å². The Morgan fingerprint density at radius 3 is 2.49 bits per heavy atom. The summed E-state index contributed by atoms with van der Waals surface area (Å²) in [5.74, 6) is -0.616. The fraction of sp³-hybridized carbons (Fsp3) is 0.107. The summed E-state index contributed by atoms with van der Waals surface area (Å²) in [6, 6.07) is 20.4. The minimum atomic E-state index is -4.29. The van der Waals surface area contributed by atoms with E-state index in [2.05, 4.69) is 4.98 Å². The number of amidine groups is 1. The van der Waals surface area contributed by atoms with Crippen molar-refractivity contribution in [1.82, 2.24) is 4.98 Å². The normalized spacial score (nSPS) is 11.3. The second kappa shape index (κ2) is 10.8. The number of fused-ring (bicyclic) bond motifs is 2. The number of benzene rings is 3. The monoisotopic (exact) mass is 564 g/mol. The molecule has 200 valence electrons. The number of hydrogen-bond donors (Lipinski definition) is 3. The van der Waals surface area contributed by atoms with E-state index in [4.69, 9.17) is 15.6 Å². The van der Waals surface area contributed by atoms with Gasteiger partial charge in [0.1, 0.15) is 28.6 Å². The first-order valence-electron chi connectivity index (χ1n) is 11.7. The quantitative estimate of drug-likeness (QED) is 0.180. The van der Waals surface area contributed by atoms with Crippen molar-refractivity contribution in [3.63, 3.8) is 0 Å². The van der Waals surface area contributed by atoms with Crippen LogP contribution in [0.15, 0.2) is 88.3 Å². The molecule has 0 aliphatic carbocycles. The van der Waals surface area contributed by atoms with Gasteiger partial charge in [0.2, 0.25) is 0 Å². The number of anilines is 1. The minimum Gasteiger partial charge on any atom is -0.480 e. The van der Waals surface area contributed by atoms with Crippen molar-refractivity contribution in [1.29, 1.82) is 5.41 Å². The van der Waals surface area contributed by atoms with Crippen LogP contribution in [0.5, 0.6) is 0 Å². The molecule has 0 fully saturated rings. The molecule has 5 aromatic rings. The zero-order valence-corrected chi connectivity index (χ0v) is 22.4. The third kappa shape index (κ3) is 5.29. The number of nitrogens with two attached hydrogens (primary N) is 1. The van der Waals surface area contributed by atoms with E-state index in [0.717, 1.165) is 20.8 Å². The number of rotatable bonds is 8. The van der Waals surface area contributed by atoms with Gasteiger partial charge in [0.15, 0.2) is 0 Å². The molecule has 0 aliphatic rings. The van der Waals surface area contributed by atoms with Crippen molar-refractivity contribution < 1.29 is 22.7 Å². The van der Waals surface area contributed by atoms with Crippen LogP contribution in [-0.4, -0.2) is 36.9 Å².